The largest absolute Gasteiger partial charge is 0.312 e. The molecule has 0 fully saturated rings. The molecular weight excluding hydrogens is 251 g/mol. The Kier molecular flexibility index (Phi) is 7.17. The number of hydrogen-bond acceptors (Lipinski definition) is 2. The summed E-state index contributed by atoms with van der Waals surface area (Å²) in [6.45, 7) is 9.34. The summed E-state index contributed by atoms with van der Waals surface area (Å²) >= 11 is 0. The number of hydrogen-bond donors (Lipinski definition) is 1. The predicted molar refractivity (Wildman–Crippen MR) is 84.3 cm³/mol. The standard InChI is InChI=1S/C17H29FN2/c1-17(2,3)19-12-8-5-9-13-20(4)14-15-10-6-7-11-16(15)18/h6-7,10-11,19H,5,8-9,12-14H2,1-4H3. The van der Waals surface area contributed by atoms with E-state index in [1.807, 2.05) is 12.1 Å². The normalized spacial score (nSPS) is 12.1. The second kappa shape index (κ2) is 8.38. The van der Waals surface area contributed by atoms with Crippen molar-refractivity contribution in [2.45, 2.75) is 52.1 Å². The quantitative estimate of drug-likeness (QED) is 0.728. The van der Waals surface area contributed by atoms with Gasteiger partial charge in [-0.2, -0.15) is 0 Å². The molecule has 1 aromatic carbocycles. The number of benzene rings is 1. The molecule has 0 unspecified atom stereocenters. The maximum Gasteiger partial charge on any atom is 0.127 e. The highest BCUT2D eigenvalue weighted by atomic mass is 19.1. The molecule has 20 heavy (non-hydrogen) atoms. The molecule has 0 atom stereocenters. The molecule has 1 rings (SSSR count). The van der Waals surface area contributed by atoms with Crippen LogP contribution in [0.2, 0.25) is 0 Å². The van der Waals surface area contributed by atoms with E-state index >= 15 is 0 Å². The van der Waals surface area contributed by atoms with Crippen LogP contribution in [0.1, 0.15) is 45.6 Å². The second-order valence-electron chi connectivity index (χ2n) is 6.57. The summed E-state index contributed by atoms with van der Waals surface area (Å²) < 4.78 is 13.5. The van der Waals surface area contributed by atoms with Crippen molar-refractivity contribution in [3.63, 3.8) is 0 Å². The second-order valence-corrected chi connectivity index (χ2v) is 6.57. The first-order chi connectivity index (χ1) is 9.38. The Morgan fingerprint density at radius 3 is 2.45 bits per heavy atom. The van der Waals surface area contributed by atoms with Crippen LogP contribution in [0, 0.1) is 5.82 Å². The van der Waals surface area contributed by atoms with Crippen molar-refractivity contribution in [2.24, 2.45) is 0 Å². The average molecular weight is 280 g/mol. The molecule has 0 heterocycles. The Hall–Kier alpha value is -0.930. The molecule has 1 aromatic rings. The lowest BCUT2D eigenvalue weighted by molar-refractivity contribution is 0.310. The van der Waals surface area contributed by atoms with Gasteiger partial charge in [0.25, 0.3) is 0 Å². The summed E-state index contributed by atoms with van der Waals surface area (Å²) in [4.78, 5) is 2.19. The lowest BCUT2D eigenvalue weighted by Crippen LogP contribution is -2.36. The maximum atomic E-state index is 13.5. The van der Waals surface area contributed by atoms with Gasteiger partial charge < -0.3 is 10.2 Å². The fourth-order valence-electron chi connectivity index (χ4n) is 2.14. The first kappa shape index (κ1) is 17.1. The molecule has 0 saturated carbocycles. The van der Waals surface area contributed by atoms with Gasteiger partial charge in [0.2, 0.25) is 0 Å². The highest BCUT2D eigenvalue weighted by Crippen LogP contribution is 2.09. The van der Waals surface area contributed by atoms with Gasteiger partial charge in [0, 0.05) is 17.6 Å². The van der Waals surface area contributed by atoms with Crippen molar-refractivity contribution < 1.29 is 4.39 Å². The first-order valence-electron chi connectivity index (χ1n) is 7.55. The minimum absolute atomic E-state index is 0.103. The van der Waals surface area contributed by atoms with Crippen LogP contribution < -0.4 is 5.32 Å². The van der Waals surface area contributed by atoms with Gasteiger partial charge in [-0.3, -0.25) is 0 Å². The molecule has 1 N–H and O–H groups in total. The monoisotopic (exact) mass is 280 g/mol. The summed E-state index contributed by atoms with van der Waals surface area (Å²) in [6.07, 6.45) is 3.58. The van der Waals surface area contributed by atoms with E-state index in [0.29, 0.717) is 6.54 Å². The van der Waals surface area contributed by atoms with Crippen molar-refractivity contribution in [1.82, 2.24) is 10.2 Å². The van der Waals surface area contributed by atoms with Crippen molar-refractivity contribution in [3.05, 3.63) is 35.6 Å². The van der Waals surface area contributed by atoms with Gasteiger partial charge in [-0.05, 0) is 59.8 Å². The van der Waals surface area contributed by atoms with Gasteiger partial charge in [0.15, 0.2) is 0 Å². The number of nitrogens with zero attached hydrogens (tertiary/aromatic N) is 1. The summed E-state index contributed by atoms with van der Waals surface area (Å²) in [7, 11) is 2.06. The molecule has 0 aliphatic rings. The van der Waals surface area contributed by atoms with Crippen LogP contribution in [0.25, 0.3) is 0 Å². The van der Waals surface area contributed by atoms with Crippen LogP contribution in [-0.4, -0.2) is 30.6 Å². The van der Waals surface area contributed by atoms with Gasteiger partial charge >= 0.3 is 0 Å². The maximum absolute atomic E-state index is 13.5. The van der Waals surface area contributed by atoms with E-state index < -0.39 is 0 Å². The van der Waals surface area contributed by atoms with E-state index in [0.717, 1.165) is 25.1 Å². The molecular formula is C17H29FN2. The molecule has 0 bridgehead atoms. The van der Waals surface area contributed by atoms with Gasteiger partial charge in [0.05, 0.1) is 0 Å². The first-order valence-corrected chi connectivity index (χ1v) is 7.55. The van der Waals surface area contributed by atoms with Crippen LogP contribution in [-0.2, 0) is 6.54 Å². The zero-order chi connectivity index (χ0) is 15.0. The molecule has 0 spiro atoms. The molecule has 3 heteroatoms. The van der Waals surface area contributed by atoms with E-state index in [1.54, 1.807) is 6.07 Å². The third-order valence-corrected chi connectivity index (χ3v) is 3.27. The highest BCUT2D eigenvalue weighted by molar-refractivity contribution is 5.16. The van der Waals surface area contributed by atoms with E-state index in [2.05, 4.69) is 38.0 Å². The smallest absolute Gasteiger partial charge is 0.127 e. The molecule has 0 aliphatic heterocycles. The lowest BCUT2D eigenvalue weighted by Gasteiger charge is -2.21. The van der Waals surface area contributed by atoms with Gasteiger partial charge in [0.1, 0.15) is 5.82 Å². The van der Waals surface area contributed by atoms with E-state index in [9.17, 15) is 4.39 Å². The van der Waals surface area contributed by atoms with E-state index in [1.165, 1.54) is 18.9 Å². The number of unbranched alkanes of at least 4 members (excludes halogenated alkanes) is 2. The van der Waals surface area contributed by atoms with Crippen LogP contribution in [0.3, 0.4) is 0 Å². The van der Waals surface area contributed by atoms with E-state index in [-0.39, 0.29) is 11.4 Å². The van der Waals surface area contributed by atoms with Crippen LogP contribution in [0.4, 0.5) is 4.39 Å². The van der Waals surface area contributed by atoms with Gasteiger partial charge in [-0.15, -0.1) is 0 Å². The van der Waals surface area contributed by atoms with Gasteiger partial charge in [-0.1, -0.05) is 24.6 Å². The Labute approximate surface area is 123 Å². The molecule has 2 nitrogen and oxygen atoms in total. The average Bonchev–Trinajstić information content (AvgIpc) is 2.35. The minimum atomic E-state index is -0.103. The highest BCUT2D eigenvalue weighted by Gasteiger charge is 2.07. The summed E-state index contributed by atoms with van der Waals surface area (Å²) in [5.74, 6) is -0.103. The summed E-state index contributed by atoms with van der Waals surface area (Å²) in [5, 5.41) is 3.49. The predicted octanol–water partition coefficient (Wildman–Crippen LogP) is 3.82. The molecule has 0 aromatic heterocycles. The molecule has 0 saturated heterocycles. The zero-order valence-electron chi connectivity index (χ0n) is 13.4. The fourth-order valence-corrected chi connectivity index (χ4v) is 2.14. The third-order valence-electron chi connectivity index (χ3n) is 3.27. The summed E-state index contributed by atoms with van der Waals surface area (Å²) in [6, 6.07) is 7.02. The Balaban J connectivity index is 2.12. The van der Waals surface area contributed by atoms with E-state index in [4.69, 9.17) is 0 Å². The van der Waals surface area contributed by atoms with Crippen LogP contribution in [0.5, 0.6) is 0 Å². The van der Waals surface area contributed by atoms with Crippen molar-refractivity contribution in [1.29, 1.82) is 0 Å². The SMILES string of the molecule is CN(CCCCCNC(C)(C)C)Cc1ccccc1F. The zero-order valence-corrected chi connectivity index (χ0v) is 13.4. The molecule has 0 aliphatic carbocycles. The Bertz CT molecular complexity index is 385. The number of rotatable bonds is 8. The Morgan fingerprint density at radius 1 is 1.10 bits per heavy atom. The summed E-state index contributed by atoms with van der Waals surface area (Å²) in [5.41, 5.74) is 0.992. The van der Waals surface area contributed by atoms with Crippen LogP contribution >= 0.6 is 0 Å². The van der Waals surface area contributed by atoms with Crippen LogP contribution in [0.15, 0.2) is 24.3 Å². The fraction of sp³-hybridized carbons (Fsp3) is 0.647. The van der Waals surface area contributed by atoms with Crippen molar-refractivity contribution in [2.75, 3.05) is 20.1 Å². The number of nitrogens with one attached hydrogen (secondary N) is 1. The molecule has 0 radical (unpaired) electrons. The third kappa shape index (κ3) is 7.61. The molecule has 114 valence electrons. The Morgan fingerprint density at radius 2 is 1.80 bits per heavy atom. The number of halogens is 1. The lowest BCUT2D eigenvalue weighted by atomic mass is 10.1. The molecule has 0 amide bonds. The van der Waals surface area contributed by atoms with Crippen molar-refractivity contribution in [3.8, 4) is 0 Å². The van der Waals surface area contributed by atoms with Gasteiger partial charge in [-0.25, -0.2) is 4.39 Å². The topological polar surface area (TPSA) is 15.3 Å². The minimum Gasteiger partial charge on any atom is -0.312 e. The van der Waals surface area contributed by atoms with Crippen molar-refractivity contribution >= 4 is 0 Å².